The molecule has 0 N–H and O–H groups in total. The predicted octanol–water partition coefficient (Wildman–Crippen LogP) is -1.59. The molecule has 1 saturated heterocycles. The molecule has 23 heavy (non-hydrogen) atoms. The minimum absolute atomic E-state index is 0.0736. The average Bonchev–Trinajstić information content (AvgIpc) is 2.40. The van der Waals surface area contributed by atoms with E-state index in [4.69, 9.17) is 0 Å². The molecule has 16 nitrogen and oxygen atoms in total. The zero-order valence-corrected chi connectivity index (χ0v) is 11.6. The van der Waals surface area contributed by atoms with Crippen molar-refractivity contribution in [2.45, 2.75) is 11.3 Å². The monoisotopic (exact) mass is 337 g/mol. The lowest BCUT2D eigenvalue weighted by Gasteiger charge is -2.31. The Hall–Kier alpha value is -3.04. The summed E-state index contributed by atoms with van der Waals surface area (Å²) in [4.78, 5) is 50.9. The molecule has 0 atom stereocenters. The molecule has 0 aromatic carbocycles. The molecule has 0 unspecified atom stereocenters. The second kappa shape index (κ2) is 5.99. The van der Waals surface area contributed by atoms with E-state index in [1.54, 1.807) is 0 Å². The molecular formula is C7H11N7O9. The van der Waals surface area contributed by atoms with Gasteiger partial charge in [-0.1, -0.05) is 0 Å². The van der Waals surface area contributed by atoms with Gasteiger partial charge in [0.2, 0.25) is 0 Å². The van der Waals surface area contributed by atoms with Crippen molar-refractivity contribution in [1.82, 2.24) is 9.91 Å². The zero-order chi connectivity index (χ0) is 18.0. The third kappa shape index (κ3) is 2.96. The van der Waals surface area contributed by atoms with Crippen molar-refractivity contribution >= 4 is 0 Å². The Morgan fingerprint density at radius 2 is 1.09 bits per heavy atom. The van der Waals surface area contributed by atoms with Crippen LogP contribution in [0.25, 0.3) is 0 Å². The molecule has 16 heteroatoms. The third-order valence-electron chi connectivity index (χ3n) is 3.39. The Labute approximate surface area is 126 Å². The summed E-state index contributed by atoms with van der Waals surface area (Å²) in [6.07, 6.45) is 0. The number of nitro groups is 4. The zero-order valence-electron chi connectivity index (χ0n) is 11.6. The first kappa shape index (κ1) is 18.0. The van der Waals surface area contributed by atoms with Crippen molar-refractivity contribution in [2.24, 2.45) is 5.29 Å². The van der Waals surface area contributed by atoms with E-state index in [-0.39, 0.29) is 5.01 Å². The molecule has 128 valence electrons. The minimum atomic E-state index is -2.90. The van der Waals surface area contributed by atoms with Gasteiger partial charge in [0.05, 0.1) is 5.29 Å². The fraction of sp³-hybridized carbons (Fsp3) is 1.00. The lowest BCUT2D eigenvalue weighted by atomic mass is 10.0. The van der Waals surface area contributed by atoms with E-state index >= 15 is 0 Å². The van der Waals surface area contributed by atoms with Crippen LogP contribution in [0, 0.1) is 45.4 Å². The lowest BCUT2D eigenvalue weighted by molar-refractivity contribution is -0.810. The predicted molar refractivity (Wildman–Crippen MR) is 68.3 cm³/mol. The summed E-state index contributed by atoms with van der Waals surface area (Å²) in [6, 6.07) is 0. The van der Waals surface area contributed by atoms with Crippen LogP contribution in [0.4, 0.5) is 0 Å². The normalized spacial score (nSPS) is 20.8. The maximum absolute atomic E-state index is 11.1. The van der Waals surface area contributed by atoms with Crippen molar-refractivity contribution in [1.29, 1.82) is 0 Å². The molecule has 0 bridgehead atoms. The number of hydrogen-bond donors (Lipinski definition) is 0. The topological polar surface area (TPSA) is 208 Å². The number of likely N-dealkylation sites (N-methyl/N-ethyl adjacent to an activating group) is 1. The summed E-state index contributed by atoms with van der Waals surface area (Å²) in [7, 11) is 1.04. The van der Waals surface area contributed by atoms with E-state index in [0.29, 0.717) is 0 Å². The average molecular weight is 337 g/mol. The molecule has 1 heterocycles. The van der Waals surface area contributed by atoms with E-state index in [1.807, 2.05) is 0 Å². The summed E-state index contributed by atoms with van der Waals surface area (Å²) in [6.45, 7) is -4.46. The van der Waals surface area contributed by atoms with Crippen molar-refractivity contribution in [3.8, 4) is 0 Å². The molecule has 1 aliphatic heterocycles. The van der Waals surface area contributed by atoms with Gasteiger partial charge in [-0.25, -0.2) is 5.01 Å². The van der Waals surface area contributed by atoms with E-state index < -0.39 is 57.2 Å². The summed E-state index contributed by atoms with van der Waals surface area (Å²) in [5, 5.41) is 46.8. The van der Waals surface area contributed by atoms with Crippen molar-refractivity contribution in [3.63, 3.8) is 0 Å². The lowest BCUT2D eigenvalue weighted by Crippen LogP contribution is -2.68. The smallest absolute Gasteiger partial charge is 0.280 e. The Morgan fingerprint density at radius 3 is 1.30 bits per heavy atom. The van der Waals surface area contributed by atoms with Crippen LogP contribution in [0.5, 0.6) is 0 Å². The highest BCUT2D eigenvalue weighted by Gasteiger charge is 2.66. The molecule has 0 spiro atoms. The highest BCUT2D eigenvalue weighted by atomic mass is 16.7. The van der Waals surface area contributed by atoms with Gasteiger partial charge in [-0.15, -0.1) is 4.91 Å². The van der Waals surface area contributed by atoms with Crippen LogP contribution in [0.2, 0.25) is 0 Å². The van der Waals surface area contributed by atoms with Crippen LogP contribution in [0.3, 0.4) is 0 Å². The molecule has 0 saturated carbocycles. The molecule has 1 aliphatic rings. The van der Waals surface area contributed by atoms with Crippen molar-refractivity contribution in [3.05, 3.63) is 45.4 Å². The first-order valence-corrected chi connectivity index (χ1v) is 5.86. The summed E-state index contributed by atoms with van der Waals surface area (Å²) in [5.41, 5.74) is -5.80. The number of nitroso groups, excluding NO2 is 1. The van der Waals surface area contributed by atoms with Crippen LogP contribution in [0.15, 0.2) is 5.29 Å². The Morgan fingerprint density at radius 1 is 0.783 bits per heavy atom. The second-order valence-electron chi connectivity index (χ2n) is 5.07. The Bertz CT molecular complexity index is 492. The van der Waals surface area contributed by atoms with Gasteiger partial charge in [0.15, 0.2) is 13.1 Å². The van der Waals surface area contributed by atoms with E-state index in [2.05, 4.69) is 5.29 Å². The second-order valence-corrected chi connectivity index (χ2v) is 5.07. The molecule has 1 fully saturated rings. The van der Waals surface area contributed by atoms with Gasteiger partial charge in [-0.2, -0.15) is 0 Å². The van der Waals surface area contributed by atoms with Crippen molar-refractivity contribution in [2.75, 3.05) is 33.2 Å². The Kier molecular flexibility index (Phi) is 4.69. The molecule has 1 rings (SSSR count). The van der Waals surface area contributed by atoms with Gasteiger partial charge in [0.25, 0.3) is 0 Å². The van der Waals surface area contributed by atoms with Crippen LogP contribution >= 0.6 is 0 Å². The largest absolute Gasteiger partial charge is 0.489 e. The van der Waals surface area contributed by atoms with Gasteiger partial charge >= 0.3 is 11.3 Å². The quantitative estimate of drug-likeness (QED) is 0.241. The van der Waals surface area contributed by atoms with Gasteiger partial charge in [0, 0.05) is 0 Å². The van der Waals surface area contributed by atoms with Crippen LogP contribution < -0.4 is 0 Å². The minimum Gasteiger partial charge on any atom is -0.280 e. The molecule has 0 amide bonds. The summed E-state index contributed by atoms with van der Waals surface area (Å²) < 4.78 is 0. The standard InChI is InChI=1S/C7H11N7O9/c1-9-2-6(11(16)17,12(18)19)4-10(8-15)5-7(3-9,13(20)21)14(22)23/h2-5H2,1H3. The SMILES string of the molecule is CN1CC([N+](=O)[O-])([N+](=O)[O-])CN(N=O)CC([N+](=O)[O-])([N+](=O)[O-])C1. The number of rotatable bonds is 5. The first-order valence-electron chi connectivity index (χ1n) is 5.86. The fourth-order valence-electron chi connectivity index (χ4n) is 2.31. The molecule has 0 aromatic rings. The van der Waals surface area contributed by atoms with E-state index in [1.165, 1.54) is 0 Å². The maximum Gasteiger partial charge on any atom is 0.489 e. The van der Waals surface area contributed by atoms with Crippen LogP contribution in [0.1, 0.15) is 0 Å². The highest BCUT2D eigenvalue weighted by molar-refractivity contribution is 4.85. The summed E-state index contributed by atoms with van der Waals surface area (Å²) >= 11 is 0. The number of hydrogen-bond acceptors (Lipinski definition) is 11. The maximum atomic E-state index is 11.1. The Balaban J connectivity index is 3.40. The third-order valence-corrected chi connectivity index (χ3v) is 3.39. The summed E-state index contributed by atoms with van der Waals surface area (Å²) in [5.74, 6) is 0. The molecule has 0 aromatic heterocycles. The van der Waals surface area contributed by atoms with Crippen molar-refractivity contribution < 1.29 is 19.7 Å². The fourth-order valence-corrected chi connectivity index (χ4v) is 2.31. The van der Waals surface area contributed by atoms with Gasteiger partial charge in [0.1, 0.15) is 32.8 Å². The number of nitrogens with zero attached hydrogens (tertiary/aromatic N) is 7. The van der Waals surface area contributed by atoms with Gasteiger partial charge < -0.3 is 0 Å². The molecule has 0 aliphatic carbocycles. The van der Waals surface area contributed by atoms with Crippen LogP contribution in [-0.4, -0.2) is 74.2 Å². The van der Waals surface area contributed by atoms with Gasteiger partial charge in [-0.05, 0) is 7.05 Å². The highest BCUT2D eigenvalue weighted by Crippen LogP contribution is 2.24. The van der Waals surface area contributed by atoms with E-state index in [0.717, 1.165) is 11.9 Å². The van der Waals surface area contributed by atoms with Gasteiger partial charge in [-0.3, -0.25) is 45.4 Å². The molecule has 0 radical (unpaired) electrons. The molecular weight excluding hydrogens is 326 g/mol. The first-order chi connectivity index (χ1) is 10.5. The van der Waals surface area contributed by atoms with E-state index in [9.17, 15) is 45.4 Å². The van der Waals surface area contributed by atoms with Crippen LogP contribution in [-0.2, 0) is 0 Å².